The largest absolute Gasteiger partial charge is 0.488 e. The van der Waals surface area contributed by atoms with Crippen molar-refractivity contribution in [3.63, 3.8) is 0 Å². The molecule has 2 saturated heterocycles. The van der Waals surface area contributed by atoms with Crippen LogP contribution in [-0.4, -0.2) is 48.5 Å². The van der Waals surface area contributed by atoms with E-state index in [1.54, 1.807) is 0 Å². The second-order valence-electron chi connectivity index (χ2n) is 6.48. The lowest BCUT2D eigenvalue weighted by Gasteiger charge is -2.15. The fraction of sp³-hybridized carbons (Fsp3) is 0.350. The van der Waals surface area contributed by atoms with Crippen LogP contribution in [-0.2, 0) is 9.47 Å². The number of benzene rings is 2. The van der Waals surface area contributed by atoms with E-state index < -0.39 is 6.09 Å². The quantitative estimate of drug-likeness (QED) is 0.909. The van der Waals surface area contributed by atoms with Gasteiger partial charge in [-0.3, -0.25) is 0 Å². The van der Waals surface area contributed by atoms with Crippen LogP contribution in [0.5, 0.6) is 5.75 Å². The van der Waals surface area contributed by atoms with Gasteiger partial charge in [0, 0.05) is 18.5 Å². The van der Waals surface area contributed by atoms with E-state index in [2.05, 4.69) is 6.07 Å². The Bertz CT molecular complexity index is 787. The van der Waals surface area contributed by atoms with Crippen LogP contribution in [0.2, 0.25) is 0 Å². The first-order chi connectivity index (χ1) is 12.7. The maximum absolute atomic E-state index is 11.0. The van der Waals surface area contributed by atoms with Gasteiger partial charge in [-0.15, -0.1) is 0 Å². The van der Waals surface area contributed by atoms with Crippen LogP contribution >= 0.6 is 0 Å². The van der Waals surface area contributed by atoms with Gasteiger partial charge in [-0.05, 0) is 29.3 Å². The molecule has 0 aromatic heterocycles. The Morgan fingerprint density at radius 3 is 2.54 bits per heavy atom. The lowest BCUT2D eigenvalue weighted by molar-refractivity contribution is -0.0440. The molecule has 1 unspecified atom stereocenters. The second-order valence-corrected chi connectivity index (χ2v) is 6.48. The zero-order chi connectivity index (χ0) is 17.9. The minimum absolute atomic E-state index is 0.104. The first-order valence-corrected chi connectivity index (χ1v) is 8.77. The molecule has 0 bridgehead atoms. The number of likely N-dealkylation sites (tertiary alicyclic amines) is 1. The minimum atomic E-state index is -0.891. The molecule has 6 heteroatoms. The first kappa shape index (κ1) is 16.9. The predicted octanol–water partition coefficient (Wildman–Crippen LogP) is 3.53. The number of carboxylic acid groups (broad SMARTS) is 1. The molecule has 0 aliphatic carbocycles. The summed E-state index contributed by atoms with van der Waals surface area (Å²) in [5.74, 6) is 0.749. The van der Waals surface area contributed by atoms with Crippen LogP contribution in [0, 0.1) is 0 Å². The molecular weight excluding hydrogens is 334 g/mol. The van der Waals surface area contributed by atoms with Crippen LogP contribution in [0.3, 0.4) is 0 Å². The summed E-state index contributed by atoms with van der Waals surface area (Å²) in [7, 11) is 0. The number of carbonyl (C=O) groups is 1. The molecule has 2 fully saturated rings. The summed E-state index contributed by atoms with van der Waals surface area (Å²) in [6.07, 6.45) is -0.580. The molecule has 2 heterocycles. The van der Waals surface area contributed by atoms with Gasteiger partial charge in [0.25, 0.3) is 0 Å². The zero-order valence-electron chi connectivity index (χ0n) is 14.3. The molecule has 2 aliphatic heterocycles. The number of nitrogens with zero attached hydrogens (tertiary/aromatic N) is 1. The summed E-state index contributed by atoms with van der Waals surface area (Å²) < 4.78 is 17.1. The minimum Gasteiger partial charge on any atom is -0.488 e. The van der Waals surface area contributed by atoms with Crippen LogP contribution in [0.1, 0.15) is 18.3 Å². The summed E-state index contributed by atoms with van der Waals surface area (Å²) in [6, 6.07) is 16.0. The van der Waals surface area contributed by atoms with Crippen molar-refractivity contribution < 1.29 is 24.1 Å². The zero-order valence-corrected chi connectivity index (χ0v) is 14.3. The Hall–Kier alpha value is -2.57. The van der Waals surface area contributed by atoms with Gasteiger partial charge < -0.3 is 24.2 Å². The van der Waals surface area contributed by atoms with Gasteiger partial charge in [-0.1, -0.05) is 30.3 Å². The standard InChI is InChI=1S/C20H21NO5/c22-20(23)21-8-7-18(13-21)26-17-6-2-4-15(12-17)14-3-1-5-16(11-14)19-24-9-10-25-19/h1-6,11-12,18-19H,7-10,13H2,(H,22,23). The van der Waals surface area contributed by atoms with E-state index in [1.165, 1.54) is 4.90 Å². The number of amides is 1. The van der Waals surface area contributed by atoms with Gasteiger partial charge >= 0.3 is 6.09 Å². The smallest absolute Gasteiger partial charge is 0.407 e. The first-order valence-electron chi connectivity index (χ1n) is 8.77. The Morgan fingerprint density at radius 2 is 1.81 bits per heavy atom. The van der Waals surface area contributed by atoms with Gasteiger partial charge in [0.05, 0.1) is 19.8 Å². The van der Waals surface area contributed by atoms with E-state index >= 15 is 0 Å². The molecule has 0 spiro atoms. The monoisotopic (exact) mass is 355 g/mol. The lowest BCUT2D eigenvalue weighted by atomic mass is 10.0. The SMILES string of the molecule is O=C(O)N1CCC(Oc2cccc(-c3cccc(C4OCCO4)c3)c2)C1. The van der Waals surface area contributed by atoms with Gasteiger partial charge in [0.15, 0.2) is 6.29 Å². The van der Waals surface area contributed by atoms with Crippen molar-refractivity contribution in [3.05, 3.63) is 54.1 Å². The number of hydrogen-bond acceptors (Lipinski definition) is 4. The molecular formula is C20H21NO5. The normalized spacial score (nSPS) is 20.5. The van der Waals surface area contributed by atoms with Crippen molar-refractivity contribution in [2.45, 2.75) is 18.8 Å². The van der Waals surface area contributed by atoms with E-state index in [-0.39, 0.29) is 12.4 Å². The van der Waals surface area contributed by atoms with E-state index in [9.17, 15) is 4.79 Å². The molecule has 136 valence electrons. The van der Waals surface area contributed by atoms with Crippen molar-refractivity contribution in [1.82, 2.24) is 4.90 Å². The van der Waals surface area contributed by atoms with Crippen LogP contribution in [0.15, 0.2) is 48.5 Å². The highest BCUT2D eigenvalue weighted by molar-refractivity contribution is 5.66. The van der Waals surface area contributed by atoms with Gasteiger partial charge in [-0.2, -0.15) is 0 Å². The third-order valence-electron chi connectivity index (χ3n) is 4.67. The summed E-state index contributed by atoms with van der Waals surface area (Å²) >= 11 is 0. The summed E-state index contributed by atoms with van der Waals surface area (Å²) in [5, 5.41) is 9.06. The maximum Gasteiger partial charge on any atom is 0.407 e. The molecule has 26 heavy (non-hydrogen) atoms. The second kappa shape index (κ2) is 7.35. The number of rotatable bonds is 4. The third kappa shape index (κ3) is 3.66. The average molecular weight is 355 g/mol. The van der Waals surface area contributed by atoms with Crippen molar-refractivity contribution in [3.8, 4) is 16.9 Å². The average Bonchev–Trinajstić information content (AvgIpc) is 3.34. The topological polar surface area (TPSA) is 68.2 Å². The Kier molecular flexibility index (Phi) is 4.77. The molecule has 0 radical (unpaired) electrons. The van der Waals surface area contributed by atoms with Crippen molar-refractivity contribution in [2.24, 2.45) is 0 Å². The molecule has 2 aromatic carbocycles. The van der Waals surface area contributed by atoms with Crippen molar-refractivity contribution >= 4 is 6.09 Å². The van der Waals surface area contributed by atoms with Crippen molar-refractivity contribution in [2.75, 3.05) is 26.3 Å². The highest BCUT2D eigenvalue weighted by atomic mass is 16.7. The highest BCUT2D eigenvalue weighted by Crippen LogP contribution is 2.30. The van der Waals surface area contributed by atoms with Crippen LogP contribution in [0.25, 0.3) is 11.1 Å². The molecule has 6 nitrogen and oxygen atoms in total. The Morgan fingerprint density at radius 1 is 1.08 bits per heavy atom. The maximum atomic E-state index is 11.0. The van der Waals surface area contributed by atoms with E-state index in [0.717, 1.165) is 22.4 Å². The van der Waals surface area contributed by atoms with Gasteiger partial charge in [0.2, 0.25) is 0 Å². The fourth-order valence-corrected chi connectivity index (χ4v) is 3.36. The molecule has 1 atom stereocenters. The Balaban J connectivity index is 1.49. The lowest BCUT2D eigenvalue weighted by Crippen LogP contribution is -2.29. The molecule has 4 rings (SSSR count). The van der Waals surface area contributed by atoms with Crippen LogP contribution in [0.4, 0.5) is 4.79 Å². The van der Waals surface area contributed by atoms with E-state index in [1.807, 2.05) is 42.5 Å². The molecule has 1 amide bonds. The fourth-order valence-electron chi connectivity index (χ4n) is 3.36. The van der Waals surface area contributed by atoms with Gasteiger partial charge in [-0.25, -0.2) is 4.79 Å². The third-order valence-corrected chi connectivity index (χ3v) is 4.67. The Labute approximate surface area is 151 Å². The van der Waals surface area contributed by atoms with Crippen molar-refractivity contribution in [1.29, 1.82) is 0 Å². The predicted molar refractivity (Wildman–Crippen MR) is 95.2 cm³/mol. The van der Waals surface area contributed by atoms with E-state index in [4.69, 9.17) is 19.3 Å². The molecule has 1 N–H and O–H groups in total. The summed E-state index contributed by atoms with van der Waals surface area (Å²) in [5.41, 5.74) is 3.10. The summed E-state index contributed by atoms with van der Waals surface area (Å²) in [6.45, 7) is 2.16. The highest BCUT2D eigenvalue weighted by Gasteiger charge is 2.27. The van der Waals surface area contributed by atoms with Gasteiger partial charge in [0.1, 0.15) is 11.9 Å². The molecule has 2 aliphatic rings. The van der Waals surface area contributed by atoms with Crippen LogP contribution < -0.4 is 4.74 Å². The molecule has 0 saturated carbocycles. The van der Waals surface area contributed by atoms with E-state index in [0.29, 0.717) is 32.7 Å². The number of hydrogen-bond donors (Lipinski definition) is 1. The summed E-state index contributed by atoms with van der Waals surface area (Å²) in [4.78, 5) is 12.4. The number of ether oxygens (including phenoxy) is 3. The molecule has 2 aromatic rings.